The van der Waals surface area contributed by atoms with Gasteiger partial charge in [-0.3, -0.25) is 9.59 Å². The lowest BCUT2D eigenvalue weighted by Gasteiger charge is -2.10. The van der Waals surface area contributed by atoms with Crippen LogP contribution in [-0.2, 0) is 22.2 Å². The predicted molar refractivity (Wildman–Crippen MR) is 121 cm³/mol. The number of amides is 2. The predicted octanol–water partition coefficient (Wildman–Crippen LogP) is 6.27. The zero-order valence-electron chi connectivity index (χ0n) is 16.6. The number of rotatable bonds is 7. The van der Waals surface area contributed by atoms with Gasteiger partial charge in [-0.05, 0) is 60.2 Å². The normalized spacial score (nSPS) is 11.1. The van der Waals surface area contributed by atoms with Crippen LogP contribution in [0.2, 0.25) is 5.02 Å². The maximum Gasteiger partial charge on any atom is 0.416 e. The highest BCUT2D eigenvalue weighted by Crippen LogP contribution is 2.30. The van der Waals surface area contributed by atoms with Crippen LogP contribution < -0.4 is 10.6 Å². The Kier molecular flexibility index (Phi) is 7.82. The number of hydrogen-bond donors (Lipinski definition) is 2. The summed E-state index contributed by atoms with van der Waals surface area (Å²) in [5.41, 5.74) is 0.716. The Bertz CT molecular complexity index is 1090. The Morgan fingerprint density at radius 3 is 2.16 bits per heavy atom. The van der Waals surface area contributed by atoms with Crippen molar-refractivity contribution < 1.29 is 22.8 Å². The first-order valence-corrected chi connectivity index (χ1v) is 10.8. The molecule has 0 aromatic heterocycles. The molecule has 0 radical (unpaired) electrons. The molecule has 0 bridgehead atoms. The van der Waals surface area contributed by atoms with E-state index in [1.165, 1.54) is 23.9 Å². The molecule has 3 rings (SSSR count). The molecule has 2 amide bonds. The average Bonchev–Trinajstić information content (AvgIpc) is 2.74. The van der Waals surface area contributed by atoms with Gasteiger partial charge in [-0.25, -0.2) is 0 Å². The summed E-state index contributed by atoms with van der Waals surface area (Å²) in [6.45, 7) is 0. The van der Waals surface area contributed by atoms with Gasteiger partial charge in [0.2, 0.25) is 11.8 Å². The third kappa shape index (κ3) is 7.32. The molecule has 3 aromatic rings. The second-order valence-corrected chi connectivity index (χ2v) is 8.28. The first-order chi connectivity index (χ1) is 15.2. The van der Waals surface area contributed by atoms with Crippen molar-refractivity contribution in [2.24, 2.45) is 0 Å². The van der Waals surface area contributed by atoms with Crippen LogP contribution in [0.4, 0.5) is 24.5 Å². The van der Waals surface area contributed by atoms with Gasteiger partial charge in [0.15, 0.2) is 0 Å². The minimum atomic E-state index is -4.47. The number of alkyl halides is 3. The summed E-state index contributed by atoms with van der Waals surface area (Å²) in [4.78, 5) is 25.0. The topological polar surface area (TPSA) is 58.2 Å². The zero-order valence-corrected chi connectivity index (χ0v) is 18.2. The molecular weight excluding hydrogens is 461 g/mol. The molecule has 0 aliphatic carbocycles. The first-order valence-electron chi connectivity index (χ1n) is 9.43. The summed E-state index contributed by atoms with van der Waals surface area (Å²) >= 11 is 7.06. The molecule has 0 atom stereocenters. The van der Waals surface area contributed by atoms with Gasteiger partial charge in [0.1, 0.15) is 0 Å². The van der Waals surface area contributed by atoms with Crippen LogP contribution in [0.25, 0.3) is 0 Å². The van der Waals surface area contributed by atoms with E-state index in [2.05, 4.69) is 10.6 Å². The minimum absolute atomic E-state index is 0.0263. The number of anilines is 2. The number of halogens is 4. The number of thioether (sulfide) groups is 1. The Balaban J connectivity index is 1.47. The molecular formula is C23H18ClF3N2O2S. The number of hydrogen-bond acceptors (Lipinski definition) is 3. The maximum absolute atomic E-state index is 12.8. The van der Waals surface area contributed by atoms with Crippen LogP contribution in [0.5, 0.6) is 0 Å². The van der Waals surface area contributed by atoms with E-state index in [1.807, 2.05) is 0 Å². The molecule has 0 saturated heterocycles. The lowest BCUT2D eigenvalue weighted by molar-refractivity contribution is -0.137. The molecule has 2 N–H and O–H groups in total. The SMILES string of the molecule is O=C(CSc1ccc(NC(=O)Cc2ccc(Cl)cc2)cc1)Nc1cccc(C(F)(F)F)c1. The summed E-state index contributed by atoms with van der Waals surface area (Å²) in [6, 6.07) is 18.4. The van der Waals surface area contributed by atoms with Gasteiger partial charge in [0.05, 0.1) is 17.7 Å². The van der Waals surface area contributed by atoms with E-state index in [-0.39, 0.29) is 23.8 Å². The van der Waals surface area contributed by atoms with Gasteiger partial charge in [0.25, 0.3) is 0 Å². The molecule has 0 fully saturated rings. The van der Waals surface area contributed by atoms with Gasteiger partial charge >= 0.3 is 6.18 Å². The molecule has 9 heteroatoms. The van der Waals surface area contributed by atoms with Crippen molar-refractivity contribution in [2.75, 3.05) is 16.4 Å². The Hall–Kier alpha value is -2.97. The highest BCUT2D eigenvalue weighted by Gasteiger charge is 2.30. The average molecular weight is 479 g/mol. The standard InChI is InChI=1S/C23H18ClF3N2O2S/c24-17-6-4-15(5-7-17)12-21(30)28-18-8-10-20(11-9-18)32-14-22(31)29-19-3-1-2-16(13-19)23(25,26)27/h1-11,13H,12,14H2,(H,28,30)(H,29,31). The van der Waals surface area contributed by atoms with E-state index >= 15 is 0 Å². The summed E-state index contributed by atoms with van der Waals surface area (Å²) in [5, 5.41) is 5.86. The third-order valence-corrected chi connectivity index (χ3v) is 5.52. The molecule has 0 spiro atoms. The Labute approximate surface area is 192 Å². The van der Waals surface area contributed by atoms with E-state index in [0.717, 1.165) is 22.6 Å². The zero-order chi connectivity index (χ0) is 23.1. The second-order valence-electron chi connectivity index (χ2n) is 6.79. The van der Waals surface area contributed by atoms with Gasteiger partial charge in [-0.1, -0.05) is 29.8 Å². The van der Waals surface area contributed by atoms with Crippen LogP contribution in [-0.4, -0.2) is 17.6 Å². The van der Waals surface area contributed by atoms with Crippen LogP contribution in [0.1, 0.15) is 11.1 Å². The number of carbonyl (C=O) groups excluding carboxylic acids is 2. The molecule has 0 aliphatic rings. The molecule has 0 unspecified atom stereocenters. The minimum Gasteiger partial charge on any atom is -0.326 e. The van der Waals surface area contributed by atoms with Crippen LogP contribution in [0.15, 0.2) is 77.7 Å². The van der Waals surface area contributed by atoms with Crippen molar-refractivity contribution in [1.82, 2.24) is 0 Å². The molecule has 0 aliphatic heterocycles. The number of carbonyl (C=O) groups is 2. The van der Waals surface area contributed by atoms with Crippen molar-refractivity contribution in [1.29, 1.82) is 0 Å². The van der Waals surface area contributed by atoms with Crippen molar-refractivity contribution in [2.45, 2.75) is 17.5 Å². The van der Waals surface area contributed by atoms with E-state index in [9.17, 15) is 22.8 Å². The summed E-state index contributed by atoms with van der Waals surface area (Å²) in [6.07, 6.45) is -4.26. The molecule has 3 aromatic carbocycles. The molecule has 32 heavy (non-hydrogen) atoms. The fourth-order valence-electron chi connectivity index (χ4n) is 2.75. The lowest BCUT2D eigenvalue weighted by Crippen LogP contribution is -2.15. The summed E-state index contributed by atoms with van der Waals surface area (Å²) < 4.78 is 38.3. The highest BCUT2D eigenvalue weighted by molar-refractivity contribution is 8.00. The second kappa shape index (κ2) is 10.6. The van der Waals surface area contributed by atoms with Crippen molar-refractivity contribution in [3.8, 4) is 0 Å². The molecule has 0 saturated carbocycles. The van der Waals surface area contributed by atoms with E-state index < -0.39 is 17.6 Å². The largest absolute Gasteiger partial charge is 0.416 e. The lowest BCUT2D eigenvalue weighted by atomic mass is 10.1. The van der Waals surface area contributed by atoms with Gasteiger partial charge in [0, 0.05) is 21.3 Å². The smallest absolute Gasteiger partial charge is 0.326 e. The molecule has 166 valence electrons. The van der Waals surface area contributed by atoms with Crippen LogP contribution >= 0.6 is 23.4 Å². The molecule has 4 nitrogen and oxygen atoms in total. The summed E-state index contributed by atoms with van der Waals surface area (Å²) in [5.74, 6) is -0.568. The van der Waals surface area contributed by atoms with Crippen LogP contribution in [0, 0.1) is 0 Å². The Morgan fingerprint density at radius 2 is 1.50 bits per heavy atom. The Morgan fingerprint density at radius 1 is 0.844 bits per heavy atom. The quantitative estimate of drug-likeness (QED) is 0.393. The van der Waals surface area contributed by atoms with Crippen LogP contribution in [0.3, 0.4) is 0 Å². The van der Waals surface area contributed by atoms with Gasteiger partial charge < -0.3 is 10.6 Å². The fourth-order valence-corrected chi connectivity index (χ4v) is 3.57. The maximum atomic E-state index is 12.8. The molecule has 0 heterocycles. The van der Waals surface area contributed by atoms with E-state index in [4.69, 9.17) is 11.6 Å². The fraction of sp³-hybridized carbons (Fsp3) is 0.130. The third-order valence-electron chi connectivity index (χ3n) is 4.26. The monoisotopic (exact) mass is 478 g/mol. The summed E-state index contributed by atoms with van der Waals surface area (Å²) in [7, 11) is 0. The van der Waals surface area contributed by atoms with Crippen molar-refractivity contribution in [3.63, 3.8) is 0 Å². The van der Waals surface area contributed by atoms with E-state index in [1.54, 1.807) is 48.5 Å². The number of nitrogens with one attached hydrogen (secondary N) is 2. The first kappa shape index (κ1) is 23.7. The van der Waals surface area contributed by atoms with Gasteiger partial charge in [-0.15, -0.1) is 11.8 Å². The van der Waals surface area contributed by atoms with Crippen molar-refractivity contribution in [3.05, 3.63) is 88.9 Å². The van der Waals surface area contributed by atoms with E-state index in [0.29, 0.717) is 10.7 Å². The van der Waals surface area contributed by atoms with Gasteiger partial charge in [-0.2, -0.15) is 13.2 Å². The number of benzene rings is 3. The highest BCUT2D eigenvalue weighted by atomic mass is 35.5. The van der Waals surface area contributed by atoms with Crippen molar-refractivity contribution >= 4 is 46.6 Å².